The standard InChI is InChI=1S/C11H20N2O3/c1-12-10(11(14)15)4-5-13-6-8-2-3-9(7-13)16-8/h8-10,12H,2-7H2,1H3,(H,14,15). The Bertz CT molecular complexity index is 248. The molecule has 92 valence electrons. The van der Waals surface area contributed by atoms with Crippen LogP contribution in [0.1, 0.15) is 19.3 Å². The third-order valence-electron chi connectivity index (χ3n) is 3.50. The number of aliphatic carboxylic acids is 1. The summed E-state index contributed by atoms with van der Waals surface area (Å²) in [7, 11) is 1.70. The minimum atomic E-state index is -0.765. The summed E-state index contributed by atoms with van der Waals surface area (Å²) in [6, 6.07) is -0.430. The molecule has 2 fully saturated rings. The van der Waals surface area contributed by atoms with Crippen LogP contribution in [-0.4, -0.2) is 60.9 Å². The lowest BCUT2D eigenvalue weighted by Crippen LogP contribution is -2.45. The van der Waals surface area contributed by atoms with E-state index < -0.39 is 12.0 Å². The van der Waals surface area contributed by atoms with Gasteiger partial charge in [0, 0.05) is 19.6 Å². The van der Waals surface area contributed by atoms with Crippen molar-refractivity contribution in [3.05, 3.63) is 0 Å². The summed E-state index contributed by atoms with van der Waals surface area (Å²) in [4.78, 5) is 13.2. The first-order valence-corrected chi connectivity index (χ1v) is 5.97. The summed E-state index contributed by atoms with van der Waals surface area (Å²) in [5.41, 5.74) is 0. The molecule has 0 aromatic rings. The zero-order chi connectivity index (χ0) is 11.5. The van der Waals surface area contributed by atoms with Crippen LogP contribution in [-0.2, 0) is 9.53 Å². The number of nitrogens with zero attached hydrogens (tertiary/aromatic N) is 1. The Balaban J connectivity index is 1.75. The van der Waals surface area contributed by atoms with Crippen LogP contribution in [0.2, 0.25) is 0 Å². The molecular formula is C11H20N2O3. The monoisotopic (exact) mass is 228 g/mol. The van der Waals surface area contributed by atoms with Gasteiger partial charge < -0.3 is 15.2 Å². The van der Waals surface area contributed by atoms with Crippen LogP contribution in [0, 0.1) is 0 Å². The number of likely N-dealkylation sites (N-methyl/N-ethyl adjacent to an activating group) is 1. The average Bonchev–Trinajstić information content (AvgIpc) is 2.58. The zero-order valence-corrected chi connectivity index (χ0v) is 9.69. The van der Waals surface area contributed by atoms with Crippen molar-refractivity contribution < 1.29 is 14.6 Å². The highest BCUT2D eigenvalue weighted by Crippen LogP contribution is 2.26. The van der Waals surface area contributed by atoms with Crippen molar-refractivity contribution in [2.75, 3.05) is 26.7 Å². The highest BCUT2D eigenvalue weighted by Gasteiger charge is 2.33. The number of nitrogens with one attached hydrogen (secondary N) is 1. The predicted molar refractivity (Wildman–Crippen MR) is 59.4 cm³/mol. The molecule has 2 saturated heterocycles. The molecule has 3 unspecified atom stereocenters. The predicted octanol–water partition coefficient (Wildman–Crippen LogP) is -0.0877. The van der Waals surface area contributed by atoms with Crippen molar-refractivity contribution in [3.63, 3.8) is 0 Å². The highest BCUT2D eigenvalue weighted by atomic mass is 16.5. The van der Waals surface area contributed by atoms with Gasteiger partial charge >= 0.3 is 5.97 Å². The summed E-state index contributed by atoms with van der Waals surface area (Å²) in [5, 5.41) is 11.7. The number of carboxylic acid groups (broad SMARTS) is 1. The van der Waals surface area contributed by atoms with Crippen molar-refractivity contribution in [2.24, 2.45) is 0 Å². The second-order valence-corrected chi connectivity index (χ2v) is 4.69. The average molecular weight is 228 g/mol. The Labute approximate surface area is 95.8 Å². The van der Waals surface area contributed by atoms with Crippen molar-refractivity contribution in [3.8, 4) is 0 Å². The molecule has 5 heteroatoms. The van der Waals surface area contributed by atoms with Gasteiger partial charge in [0.25, 0.3) is 0 Å². The fraction of sp³-hybridized carbons (Fsp3) is 0.909. The lowest BCUT2D eigenvalue weighted by atomic mass is 10.2. The Kier molecular flexibility index (Phi) is 3.78. The van der Waals surface area contributed by atoms with Gasteiger partial charge in [0.05, 0.1) is 12.2 Å². The molecular weight excluding hydrogens is 208 g/mol. The van der Waals surface area contributed by atoms with Crippen LogP contribution in [0.15, 0.2) is 0 Å². The number of ether oxygens (including phenoxy) is 1. The van der Waals surface area contributed by atoms with Gasteiger partial charge in [-0.3, -0.25) is 9.69 Å². The van der Waals surface area contributed by atoms with Crippen molar-refractivity contribution in [1.29, 1.82) is 0 Å². The first-order chi connectivity index (χ1) is 7.69. The maximum atomic E-state index is 10.8. The highest BCUT2D eigenvalue weighted by molar-refractivity contribution is 5.73. The topological polar surface area (TPSA) is 61.8 Å². The molecule has 2 aliphatic heterocycles. The molecule has 2 rings (SSSR count). The van der Waals surface area contributed by atoms with E-state index in [1.807, 2.05) is 0 Å². The first kappa shape index (κ1) is 11.8. The van der Waals surface area contributed by atoms with Gasteiger partial charge in [0.15, 0.2) is 0 Å². The first-order valence-electron chi connectivity index (χ1n) is 5.97. The molecule has 2 N–H and O–H groups in total. The van der Waals surface area contributed by atoms with Gasteiger partial charge in [-0.15, -0.1) is 0 Å². The van der Waals surface area contributed by atoms with Gasteiger partial charge in [-0.1, -0.05) is 0 Å². The van der Waals surface area contributed by atoms with Gasteiger partial charge in [0.1, 0.15) is 6.04 Å². The van der Waals surface area contributed by atoms with Crippen LogP contribution in [0.25, 0.3) is 0 Å². The van der Waals surface area contributed by atoms with Gasteiger partial charge in [-0.2, -0.15) is 0 Å². The number of carbonyl (C=O) groups is 1. The van der Waals surface area contributed by atoms with Crippen LogP contribution in [0.5, 0.6) is 0 Å². The van der Waals surface area contributed by atoms with E-state index in [0.29, 0.717) is 18.6 Å². The third-order valence-corrected chi connectivity index (χ3v) is 3.50. The SMILES string of the molecule is CNC(CCN1CC2CCC(C1)O2)C(=O)O. The smallest absolute Gasteiger partial charge is 0.320 e. The Hall–Kier alpha value is -0.650. The zero-order valence-electron chi connectivity index (χ0n) is 9.69. The number of fused-ring (bicyclic) bond motifs is 2. The Morgan fingerprint density at radius 3 is 2.62 bits per heavy atom. The van der Waals surface area contributed by atoms with E-state index in [9.17, 15) is 4.79 Å². The molecule has 2 heterocycles. The summed E-state index contributed by atoms with van der Waals surface area (Å²) in [6.07, 6.45) is 3.75. The molecule has 2 aliphatic rings. The second-order valence-electron chi connectivity index (χ2n) is 4.69. The number of hydrogen-bond donors (Lipinski definition) is 2. The number of likely N-dealkylation sites (tertiary alicyclic amines) is 1. The summed E-state index contributed by atoms with van der Waals surface area (Å²) in [5.74, 6) is -0.765. The maximum absolute atomic E-state index is 10.8. The summed E-state index contributed by atoms with van der Waals surface area (Å²) < 4.78 is 5.73. The van der Waals surface area contributed by atoms with Crippen LogP contribution >= 0.6 is 0 Å². The quantitative estimate of drug-likeness (QED) is 0.689. The summed E-state index contributed by atoms with van der Waals surface area (Å²) in [6.45, 7) is 2.77. The van der Waals surface area contributed by atoms with E-state index in [1.54, 1.807) is 7.05 Å². The molecule has 0 amide bonds. The lowest BCUT2D eigenvalue weighted by molar-refractivity contribution is -0.139. The van der Waals surface area contributed by atoms with Crippen LogP contribution in [0.4, 0.5) is 0 Å². The molecule has 0 aliphatic carbocycles. The fourth-order valence-electron chi connectivity index (χ4n) is 2.58. The second kappa shape index (κ2) is 5.12. The maximum Gasteiger partial charge on any atom is 0.320 e. The Morgan fingerprint density at radius 2 is 2.12 bits per heavy atom. The van der Waals surface area contributed by atoms with E-state index in [-0.39, 0.29) is 0 Å². The molecule has 0 radical (unpaired) electrons. The number of carboxylic acids is 1. The molecule has 2 bridgehead atoms. The number of rotatable bonds is 5. The van der Waals surface area contributed by atoms with Crippen LogP contribution in [0.3, 0.4) is 0 Å². The normalized spacial score (nSPS) is 31.6. The van der Waals surface area contributed by atoms with E-state index in [0.717, 1.165) is 32.5 Å². The van der Waals surface area contributed by atoms with Gasteiger partial charge in [-0.05, 0) is 26.3 Å². The van der Waals surface area contributed by atoms with Crippen molar-refractivity contribution in [2.45, 2.75) is 37.5 Å². The van der Waals surface area contributed by atoms with E-state index in [1.165, 1.54) is 0 Å². The third kappa shape index (κ3) is 2.72. The van der Waals surface area contributed by atoms with E-state index >= 15 is 0 Å². The van der Waals surface area contributed by atoms with Crippen LogP contribution < -0.4 is 5.32 Å². The van der Waals surface area contributed by atoms with Crippen molar-refractivity contribution in [1.82, 2.24) is 10.2 Å². The lowest BCUT2D eigenvalue weighted by Gasteiger charge is -2.32. The molecule has 0 aromatic carbocycles. The van der Waals surface area contributed by atoms with E-state index in [4.69, 9.17) is 9.84 Å². The van der Waals surface area contributed by atoms with E-state index in [2.05, 4.69) is 10.2 Å². The molecule has 0 aromatic heterocycles. The number of hydrogen-bond acceptors (Lipinski definition) is 4. The minimum Gasteiger partial charge on any atom is -0.480 e. The Morgan fingerprint density at radius 1 is 1.50 bits per heavy atom. The van der Waals surface area contributed by atoms with Gasteiger partial charge in [0.2, 0.25) is 0 Å². The van der Waals surface area contributed by atoms with Gasteiger partial charge in [-0.25, -0.2) is 0 Å². The molecule has 0 saturated carbocycles. The molecule has 0 spiro atoms. The molecule has 16 heavy (non-hydrogen) atoms. The fourth-order valence-corrected chi connectivity index (χ4v) is 2.58. The number of morpholine rings is 1. The molecule has 5 nitrogen and oxygen atoms in total. The largest absolute Gasteiger partial charge is 0.480 e. The minimum absolute atomic E-state index is 0.386. The van der Waals surface area contributed by atoms with Crippen molar-refractivity contribution >= 4 is 5.97 Å². The molecule has 3 atom stereocenters. The summed E-state index contributed by atoms with van der Waals surface area (Å²) >= 11 is 0.